The molecule has 6 nitrogen and oxygen atoms in total. The van der Waals surface area contributed by atoms with Crippen LogP contribution in [0, 0.1) is 5.92 Å². The standard InChI is InChI=1S/C21H26N2O4/c1-21(2,3)27-20(25)22-19(17-10-7-11-26-17)16-12-18(24)23(14-16)13-15-8-5-4-6-9-15/h4-11,16,19H,12-14H2,1-3H3,(H,22,25)/t16-,19-/m1/s1. The van der Waals surface area contributed by atoms with Gasteiger partial charge < -0.3 is 19.4 Å². The Bertz CT molecular complexity index is 765. The molecule has 3 rings (SSSR count). The van der Waals surface area contributed by atoms with Gasteiger partial charge in [0.2, 0.25) is 5.91 Å². The second kappa shape index (κ2) is 7.86. The maximum absolute atomic E-state index is 12.5. The van der Waals surface area contributed by atoms with E-state index < -0.39 is 17.7 Å². The summed E-state index contributed by atoms with van der Waals surface area (Å²) in [7, 11) is 0. The largest absolute Gasteiger partial charge is 0.467 e. The molecular weight excluding hydrogens is 344 g/mol. The SMILES string of the molecule is CC(C)(C)OC(=O)N[C@@H](c1ccco1)[C@@H]1CC(=O)N(Cc2ccccc2)C1. The van der Waals surface area contributed by atoms with Crippen LogP contribution in [0.15, 0.2) is 53.1 Å². The highest BCUT2D eigenvalue weighted by Gasteiger charge is 2.38. The highest BCUT2D eigenvalue weighted by atomic mass is 16.6. The third kappa shape index (κ3) is 5.12. The second-order valence-electron chi connectivity index (χ2n) is 7.86. The Balaban J connectivity index is 1.71. The van der Waals surface area contributed by atoms with Gasteiger partial charge in [0.15, 0.2) is 0 Å². The van der Waals surface area contributed by atoms with Crippen LogP contribution in [0.25, 0.3) is 0 Å². The molecule has 0 bridgehead atoms. The zero-order valence-electron chi connectivity index (χ0n) is 16.0. The normalized spacial score (nSPS) is 18.4. The van der Waals surface area contributed by atoms with Crippen LogP contribution < -0.4 is 5.32 Å². The lowest BCUT2D eigenvalue weighted by Gasteiger charge is -2.26. The number of nitrogens with one attached hydrogen (secondary N) is 1. The van der Waals surface area contributed by atoms with Crippen LogP contribution in [0.2, 0.25) is 0 Å². The Morgan fingerprint density at radius 3 is 2.63 bits per heavy atom. The lowest BCUT2D eigenvalue weighted by Crippen LogP contribution is -2.38. The fourth-order valence-corrected chi connectivity index (χ4v) is 3.31. The summed E-state index contributed by atoms with van der Waals surface area (Å²) in [5, 5.41) is 2.89. The van der Waals surface area contributed by atoms with E-state index in [2.05, 4.69) is 5.32 Å². The maximum Gasteiger partial charge on any atom is 0.408 e. The monoisotopic (exact) mass is 370 g/mol. The predicted molar refractivity (Wildman–Crippen MR) is 101 cm³/mol. The second-order valence-corrected chi connectivity index (χ2v) is 7.86. The first-order valence-electron chi connectivity index (χ1n) is 9.16. The van der Waals surface area contributed by atoms with Crippen LogP contribution in [0.3, 0.4) is 0 Å². The zero-order valence-corrected chi connectivity index (χ0v) is 16.0. The molecule has 1 aromatic heterocycles. The van der Waals surface area contributed by atoms with Gasteiger partial charge in [0.25, 0.3) is 0 Å². The summed E-state index contributed by atoms with van der Waals surface area (Å²) < 4.78 is 10.9. The highest BCUT2D eigenvalue weighted by molar-refractivity contribution is 5.79. The minimum Gasteiger partial charge on any atom is -0.467 e. The van der Waals surface area contributed by atoms with Crippen molar-refractivity contribution in [3.05, 3.63) is 60.1 Å². The molecule has 2 aromatic rings. The summed E-state index contributed by atoms with van der Waals surface area (Å²) in [6, 6.07) is 13.1. The number of alkyl carbamates (subject to hydrolysis) is 1. The zero-order chi connectivity index (χ0) is 19.4. The van der Waals surface area contributed by atoms with Gasteiger partial charge in [-0.25, -0.2) is 4.79 Å². The van der Waals surface area contributed by atoms with Gasteiger partial charge in [-0.15, -0.1) is 0 Å². The van der Waals surface area contributed by atoms with Gasteiger partial charge in [-0.3, -0.25) is 4.79 Å². The van der Waals surface area contributed by atoms with E-state index in [1.165, 1.54) is 0 Å². The van der Waals surface area contributed by atoms with Gasteiger partial charge in [0.05, 0.1) is 12.3 Å². The third-order valence-electron chi connectivity index (χ3n) is 4.45. The topological polar surface area (TPSA) is 71.8 Å². The molecule has 1 aliphatic rings. The lowest BCUT2D eigenvalue weighted by molar-refractivity contribution is -0.128. The third-order valence-corrected chi connectivity index (χ3v) is 4.45. The molecule has 27 heavy (non-hydrogen) atoms. The van der Waals surface area contributed by atoms with Crippen LogP contribution in [-0.2, 0) is 16.1 Å². The van der Waals surface area contributed by atoms with Crippen molar-refractivity contribution in [3.8, 4) is 0 Å². The lowest BCUT2D eigenvalue weighted by atomic mass is 9.96. The molecule has 1 saturated heterocycles. The van der Waals surface area contributed by atoms with Gasteiger partial charge in [-0.05, 0) is 38.5 Å². The highest BCUT2D eigenvalue weighted by Crippen LogP contribution is 2.32. The number of carbonyl (C=O) groups excluding carboxylic acids is 2. The van der Waals surface area contributed by atoms with Crippen LogP contribution in [0.4, 0.5) is 4.79 Å². The van der Waals surface area contributed by atoms with Crippen molar-refractivity contribution in [1.29, 1.82) is 0 Å². The number of hydrogen-bond acceptors (Lipinski definition) is 4. The summed E-state index contributed by atoms with van der Waals surface area (Å²) in [5.41, 5.74) is 0.490. The van der Waals surface area contributed by atoms with Gasteiger partial charge in [0, 0.05) is 25.4 Å². The van der Waals surface area contributed by atoms with Crippen molar-refractivity contribution in [2.45, 2.75) is 45.4 Å². The fourth-order valence-electron chi connectivity index (χ4n) is 3.31. The number of likely N-dealkylation sites (tertiary alicyclic amines) is 1. The summed E-state index contributed by atoms with van der Waals surface area (Å²) in [6.45, 7) is 6.56. The average Bonchev–Trinajstić information content (AvgIpc) is 3.23. The van der Waals surface area contributed by atoms with E-state index in [9.17, 15) is 9.59 Å². The summed E-state index contributed by atoms with van der Waals surface area (Å²) in [4.78, 5) is 26.7. The number of carbonyl (C=O) groups is 2. The molecule has 1 aliphatic heterocycles. The maximum atomic E-state index is 12.5. The Morgan fingerprint density at radius 1 is 1.26 bits per heavy atom. The summed E-state index contributed by atoms with van der Waals surface area (Å²) in [6.07, 6.45) is 1.41. The number of ether oxygens (including phenoxy) is 1. The number of hydrogen-bond donors (Lipinski definition) is 1. The van der Waals surface area contributed by atoms with Gasteiger partial charge >= 0.3 is 6.09 Å². The summed E-state index contributed by atoms with van der Waals surface area (Å²) >= 11 is 0. The number of amides is 2. The van der Waals surface area contributed by atoms with Crippen molar-refractivity contribution in [2.75, 3.05) is 6.54 Å². The minimum absolute atomic E-state index is 0.0754. The van der Waals surface area contributed by atoms with E-state index in [4.69, 9.17) is 9.15 Å². The molecular formula is C21H26N2O4. The minimum atomic E-state index is -0.595. The first-order chi connectivity index (χ1) is 12.8. The van der Waals surface area contributed by atoms with Crippen LogP contribution in [-0.4, -0.2) is 29.0 Å². The van der Waals surface area contributed by atoms with Crippen LogP contribution in [0.1, 0.15) is 44.6 Å². The molecule has 144 valence electrons. The Kier molecular flexibility index (Phi) is 5.54. The van der Waals surface area contributed by atoms with Crippen LogP contribution in [0.5, 0.6) is 0 Å². The molecule has 0 unspecified atom stereocenters. The Labute approximate surface area is 159 Å². The molecule has 6 heteroatoms. The molecule has 1 fully saturated rings. The first kappa shape index (κ1) is 19.0. The molecule has 1 aromatic carbocycles. The van der Waals surface area contributed by atoms with Crippen molar-refractivity contribution in [2.24, 2.45) is 5.92 Å². The molecule has 1 N–H and O–H groups in total. The van der Waals surface area contributed by atoms with E-state index in [1.54, 1.807) is 12.3 Å². The number of rotatable bonds is 5. The quantitative estimate of drug-likeness (QED) is 0.867. The Hall–Kier alpha value is -2.76. The Morgan fingerprint density at radius 2 is 2.00 bits per heavy atom. The van der Waals surface area contributed by atoms with E-state index in [0.717, 1.165) is 5.56 Å². The van der Waals surface area contributed by atoms with Crippen molar-refractivity contribution in [1.82, 2.24) is 10.2 Å². The van der Waals surface area contributed by atoms with Gasteiger partial charge in [0.1, 0.15) is 11.4 Å². The van der Waals surface area contributed by atoms with E-state index in [1.807, 2.05) is 62.1 Å². The van der Waals surface area contributed by atoms with E-state index in [-0.39, 0.29) is 11.8 Å². The van der Waals surface area contributed by atoms with Crippen molar-refractivity contribution in [3.63, 3.8) is 0 Å². The molecule has 0 saturated carbocycles. The van der Waals surface area contributed by atoms with Gasteiger partial charge in [-0.1, -0.05) is 30.3 Å². The summed E-state index contributed by atoms with van der Waals surface area (Å²) in [5.74, 6) is 0.617. The van der Waals surface area contributed by atoms with Crippen LogP contribution >= 0.6 is 0 Å². The number of nitrogens with zero attached hydrogens (tertiary/aromatic N) is 1. The fraction of sp³-hybridized carbons (Fsp3) is 0.429. The molecule has 0 spiro atoms. The number of furan rings is 1. The van der Waals surface area contributed by atoms with Crippen molar-refractivity contribution >= 4 is 12.0 Å². The molecule has 2 heterocycles. The van der Waals surface area contributed by atoms with E-state index >= 15 is 0 Å². The van der Waals surface area contributed by atoms with Gasteiger partial charge in [-0.2, -0.15) is 0 Å². The molecule has 0 aliphatic carbocycles. The predicted octanol–water partition coefficient (Wildman–Crippen LogP) is 3.89. The number of benzene rings is 1. The molecule has 2 amide bonds. The average molecular weight is 370 g/mol. The van der Waals surface area contributed by atoms with E-state index in [0.29, 0.717) is 25.3 Å². The molecule has 2 atom stereocenters. The van der Waals surface area contributed by atoms with Crippen molar-refractivity contribution < 1.29 is 18.7 Å². The first-order valence-corrected chi connectivity index (χ1v) is 9.16. The smallest absolute Gasteiger partial charge is 0.408 e. The molecule has 0 radical (unpaired) electrons.